The van der Waals surface area contributed by atoms with Crippen LogP contribution in [0.5, 0.6) is 34.5 Å². The van der Waals surface area contributed by atoms with Crippen molar-refractivity contribution >= 4 is 34.5 Å². The lowest BCUT2D eigenvalue weighted by Crippen LogP contribution is -2.39. The number of carbonyl (C=O) groups is 1. The highest BCUT2D eigenvalue weighted by molar-refractivity contribution is 6.06. The molecule has 1 atom stereocenters. The number of carbonyl (C=O) groups excluding carboxylic acids is 1. The molecule has 0 radical (unpaired) electrons. The van der Waals surface area contributed by atoms with Gasteiger partial charge in [-0.15, -0.1) is 12.4 Å². The van der Waals surface area contributed by atoms with Gasteiger partial charge in [0.25, 0.3) is 0 Å². The first kappa shape index (κ1) is 37.9. The molecule has 12 heteroatoms. The number of allylic oxidation sites excluding steroid dienone is 2. The van der Waals surface area contributed by atoms with E-state index in [0.717, 1.165) is 45.0 Å². The van der Waals surface area contributed by atoms with E-state index in [1.807, 2.05) is 64.2 Å². The molecule has 0 saturated carbocycles. The summed E-state index contributed by atoms with van der Waals surface area (Å²) >= 11 is 0. The van der Waals surface area contributed by atoms with E-state index >= 15 is 0 Å². The second-order valence-electron chi connectivity index (χ2n) is 12.1. The Bertz CT molecular complexity index is 2090. The Labute approximate surface area is 307 Å². The number of hydrogen-bond acceptors (Lipinski definition) is 11. The van der Waals surface area contributed by atoms with E-state index in [2.05, 4.69) is 11.1 Å². The molecule has 4 N–H and O–H groups in total. The number of halogens is 1. The van der Waals surface area contributed by atoms with Crippen LogP contribution in [0.4, 0.5) is 0 Å². The van der Waals surface area contributed by atoms with Crippen molar-refractivity contribution in [3.05, 3.63) is 106 Å². The molecule has 1 aromatic heterocycles. The van der Waals surface area contributed by atoms with Gasteiger partial charge < -0.3 is 44.1 Å². The molecule has 3 aromatic carbocycles. The zero-order valence-electron chi connectivity index (χ0n) is 29.4. The standard InChI is InChI=1S/C24H29NO4.C16H12O6.ClH/c1-5-26-21-10-9-17(14-22(21)27-6-2)13-20-19-16-24(29-8-4)23(28-7-3)15-18(19)11-12-25-20;17-10-2-1-8-13-9-4-12(19)11(18)3-7(9)5-16(13,21)6-22-15(8)14(10)20;/h9-12,14-16H,5-8,13H2,1-4H3;1-4,18-21H,5-6H2;1H. The summed E-state index contributed by atoms with van der Waals surface area (Å²) in [6.45, 7) is 10.1. The SMILES string of the molecule is CCOc1ccc(Cc2nccc3cc(OCC)c(OCC)cc23)cc1OCC.Cl.O=C1C=CC2=C3c4cc(O)c(O)cc4CC3(O)COC2=C1O. The van der Waals surface area contributed by atoms with Crippen LogP contribution in [0.15, 0.2) is 84.0 Å². The molecule has 0 bridgehead atoms. The molecule has 0 amide bonds. The average molecular weight is 732 g/mol. The highest BCUT2D eigenvalue weighted by Gasteiger charge is 2.48. The summed E-state index contributed by atoms with van der Waals surface area (Å²) in [7, 11) is 0. The molecule has 0 saturated heterocycles. The first-order chi connectivity index (χ1) is 24.6. The maximum Gasteiger partial charge on any atom is 0.224 e. The predicted octanol–water partition coefficient (Wildman–Crippen LogP) is 6.92. The summed E-state index contributed by atoms with van der Waals surface area (Å²) in [5.74, 6) is 1.46. The molecular formula is C40H42ClNO10. The van der Waals surface area contributed by atoms with Crippen LogP contribution in [0.3, 0.4) is 0 Å². The van der Waals surface area contributed by atoms with Gasteiger partial charge in [-0.1, -0.05) is 6.07 Å². The number of aliphatic hydroxyl groups excluding tert-OH is 1. The van der Waals surface area contributed by atoms with Crippen molar-refractivity contribution in [2.75, 3.05) is 33.0 Å². The van der Waals surface area contributed by atoms with Crippen molar-refractivity contribution in [2.24, 2.45) is 0 Å². The number of phenols is 2. The topological polar surface area (TPSA) is 157 Å². The number of hydrogen-bond donors (Lipinski definition) is 4. The lowest BCUT2D eigenvalue weighted by atomic mass is 9.85. The van der Waals surface area contributed by atoms with E-state index in [1.165, 1.54) is 24.3 Å². The molecule has 3 aliphatic rings. The number of benzene rings is 3. The third-order valence-electron chi connectivity index (χ3n) is 8.73. The summed E-state index contributed by atoms with van der Waals surface area (Å²) in [6.07, 6.45) is 5.42. The number of nitrogens with zero attached hydrogens (tertiary/aromatic N) is 1. The van der Waals surface area contributed by atoms with Gasteiger partial charge in [-0.05, 0) is 104 Å². The van der Waals surface area contributed by atoms with Crippen LogP contribution >= 0.6 is 12.4 Å². The molecule has 0 spiro atoms. The quantitative estimate of drug-likeness (QED) is 0.126. The average Bonchev–Trinajstić information content (AvgIpc) is 3.40. The van der Waals surface area contributed by atoms with E-state index in [1.54, 1.807) is 0 Å². The molecule has 1 unspecified atom stereocenters. The highest BCUT2D eigenvalue weighted by Crippen LogP contribution is 2.50. The van der Waals surface area contributed by atoms with Gasteiger partial charge in [0.1, 0.15) is 12.2 Å². The predicted molar refractivity (Wildman–Crippen MR) is 198 cm³/mol. The fourth-order valence-electron chi connectivity index (χ4n) is 6.58. The largest absolute Gasteiger partial charge is 0.504 e. The van der Waals surface area contributed by atoms with Crippen molar-refractivity contribution < 1.29 is 48.9 Å². The molecule has 1 aliphatic heterocycles. The zero-order valence-corrected chi connectivity index (χ0v) is 30.2. The molecule has 0 fully saturated rings. The van der Waals surface area contributed by atoms with Crippen LogP contribution in [0.1, 0.15) is 50.1 Å². The monoisotopic (exact) mass is 731 g/mol. The van der Waals surface area contributed by atoms with Gasteiger partial charge >= 0.3 is 0 Å². The van der Waals surface area contributed by atoms with Crippen molar-refractivity contribution in [3.8, 4) is 34.5 Å². The third kappa shape index (κ3) is 7.33. The Kier molecular flexibility index (Phi) is 11.6. The van der Waals surface area contributed by atoms with E-state index in [4.69, 9.17) is 23.7 Å². The summed E-state index contributed by atoms with van der Waals surface area (Å²) in [6, 6.07) is 14.9. The van der Waals surface area contributed by atoms with Gasteiger partial charge in [-0.25, -0.2) is 0 Å². The lowest BCUT2D eigenvalue weighted by Gasteiger charge is -2.33. The number of aromatic nitrogens is 1. The minimum atomic E-state index is -1.33. The first-order valence-electron chi connectivity index (χ1n) is 17.0. The van der Waals surface area contributed by atoms with Gasteiger partial charge in [-0.3, -0.25) is 9.78 Å². The number of ether oxygens (including phenoxy) is 5. The Hall–Kier alpha value is -5.39. The van der Waals surface area contributed by atoms with E-state index in [-0.39, 0.29) is 42.7 Å². The van der Waals surface area contributed by atoms with Gasteiger partial charge in [0.15, 0.2) is 40.3 Å². The van der Waals surface area contributed by atoms with Crippen LogP contribution in [0.2, 0.25) is 0 Å². The van der Waals surface area contributed by atoms with E-state index < -0.39 is 17.1 Å². The zero-order chi connectivity index (χ0) is 36.3. The summed E-state index contributed by atoms with van der Waals surface area (Å²) < 4.78 is 28.4. The van der Waals surface area contributed by atoms with Crippen LogP contribution in [0, 0.1) is 0 Å². The maximum absolute atomic E-state index is 11.5. The summed E-state index contributed by atoms with van der Waals surface area (Å²) in [4.78, 5) is 16.2. The summed E-state index contributed by atoms with van der Waals surface area (Å²) in [5.41, 5.74) is 2.90. The second-order valence-corrected chi connectivity index (χ2v) is 12.1. The first-order valence-corrected chi connectivity index (χ1v) is 17.0. The lowest BCUT2D eigenvalue weighted by molar-refractivity contribution is -0.114. The second kappa shape index (κ2) is 15.9. The summed E-state index contributed by atoms with van der Waals surface area (Å²) in [5, 5.41) is 42.2. The molecule has 4 aromatic rings. The number of ketones is 1. The van der Waals surface area contributed by atoms with Crippen LogP contribution in [0.25, 0.3) is 16.3 Å². The maximum atomic E-state index is 11.5. The van der Waals surface area contributed by atoms with Crippen LogP contribution in [-0.2, 0) is 22.4 Å². The smallest absolute Gasteiger partial charge is 0.224 e. The highest BCUT2D eigenvalue weighted by atomic mass is 35.5. The molecule has 52 heavy (non-hydrogen) atoms. The van der Waals surface area contributed by atoms with Crippen LogP contribution in [-0.4, -0.2) is 69.8 Å². The van der Waals surface area contributed by atoms with Crippen molar-refractivity contribution in [2.45, 2.75) is 46.1 Å². The number of rotatable bonds is 10. The van der Waals surface area contributed by atoms with Crippen molar-refractivity contribution in [3.63, 3.8) is 0 Å². The normalized spacial score (nSPS) is 16.9. The van der Waals surface area contributed by atoms with Gasteiger partial charge in [0.2, 0.25) is 11.5 Å². The Morgan fingerprint density at radius 2 is 1.42 bits per heavy atom. The number of aliphatic hydroxyl groups is 2. The Balaban J connectivity index is 0.000000204. The molecule has 274 valence electrons. The third-order valence-corrected chi connectivity index (χ3v) is 8.73. The fourth-order valence-corrected chi connectivity index (χ4v) is 6.58. The Morgan fingerprint density at radius 1 is 0.788 bits per heavy atom. The van der Waals surface area contributed by atoms with Gasteiger partial charge in [0, 0.05) is 35.6 Å². The number of phenolic OH excluding ortho intramolecular Hbond substituents is 2. The minimum absolute atomic E-state index is 0. The number of pyridine rings is 1. The molecular weight excluding hydrogens is 690 g/mol. The molecule has 7 rings (SSSR count). The number of aromatic hydroxyl groups is 2. The molecule has 2 aliphatic carbocycles. The van der Waals surface area contributed by atoms with Crippen molar-refractivity contribution in [1.82, 2.24) is 4.98 Å². The molecule has 11 nitrogen and oxygen atoms in total. The number of fused-ring (bicyclic) bond motifs is 5. The Morgan fingerprint density at radius 3 is 2.12 bits per heavy atom. The minimum Gasteiger partial charge on any atom is -0.504 e. The van der Waals surface area contributed by atoms with E-state index in [0.29, 0.717) is 55.1 Å². The molecule has 2 heterocycles. The fraction of sp³-hybridized carbons (Fsp3) is 0.300. The van der Waals surface area contributed by atoms with Gasteiger partial charge in [0.05, 0.1) is 32.1 Å². The van der Waals surface area contributed by atoms with Crippen molar-refractivity contribution in [1.29, 1.82) is 0 Å². The van der Waals surface area contributed by atoms with Crippen LogP contribution < -0.4 is 18.9 Å². The van der Waals surface area contributed by atoms with E-state index in [9.17, 15) is 25.2 Å². The van der Waals surface area contributed by atoms with Gasteiger partial charge in [-0.2, -0.15) is 0 Å².